The van der Waals surface area contributed by atoms with Gasteiger partial charge >= 0.3 is 0 Å². The molecule has 3 aromatic rings. The number of nitrogens with zero attached hydrogens (tertiary/aromatic N) is 3. The van der Waals surface area contributed by atoms with E-state index in [9.17, 15) is 0 Å². The largest absolute Gasteiger partial charge is 0.369 e. The first-order valence-corrected chi connectivity index (χ1v) is 9.27. The number of hydrogen-bond donors (Lipinski definition) is 0. The quantitative estimate of drug-likeness (QED) is 0.646. The molecule has 0 unspecified atom stereocenters. The van der Waals surface area contributed by atoms with Crippen LogP contribution in [0.1, 0.15) is 16.8 Å². The van der Waals surface area contributed by atoms with Crippen LogP contribution in [0, 0.1) is 6.92 Å². The van der Waals surface area contributed by atoms with Gasteiger partial charge in [0.25, 0.3) is 0 Å². The summed E-state index contributed by atoms with van der Waals surface area (Å²) in [5, 5.41) is 2.54. The molecule has 0 N–H and O–H groups in total. The Morgan fingerprint density at radius 3 is 2.48 bits per heavy atom. The van der Waals surface area contributed by atoms with Crippen LogP contribution < -0.4 is 4.90 Å². The van der Waals surface area contributed by atoms with Crippen LogP contribution in [0.5, 0.6) is 0 Å². The van der Waals surface area contributed by atoms with Crippen molar-refractivity contribution >= 4 is 41.0 Å². The summed E-state index contributed by atoms with van der Waals surface area (Å²) in [6, 6.07) is 17.2. The van der Waals surface area contributed by atoms with E-state index in [-0.39, 0.29) is 12.4 Å². The molecule has 0 bridgehead atoms. The molecule has 0 radical (unpaired) electrons. The fraction of sp³-hybridized carbons (Fsp3) is 0.261. The predicted molar refractivity (Wildman–Crippen MR) is 119 cm³/mol. The van der Waals surface area contributed by atoms with Gasteiger partial charge in [0.1, 0.15) is 0 Å². The number of benzene rings is 2. The zero-order valence-corrected chi connectivity index (χ0v) is 16.7. The second-order valence-corrected chi connectivity index (χ2v) is 7.09. The van der Waals surface area contributed by atoms with Crippen molar-refractivity contribution in [2.75, 3.05) is 38.1 Å². The number of aromatic nitrogens is 1. The van der Waals surface area contributed by atoms with Crippen LogP contribution in [0.2, 0.25) is 0 Å². The molecule has 4 rings (SSSR count). The minimum absolute atomic E-state index is 0. The standard InChI is InChI=1S/C23H25N3.ClH/c1-18-17-24-21(16-23(18)26-14-12-25(2)13-15-26)11-10-20-8-5-7-19-6-3-4-9-22(19)20;/h3-11,16-17H,12-15H2,1-2H3;1H/b11-10-;. The maximum atomic E-state index is 4.62. The van der Waals surface area contributed by atoms with Crippen LogP contribution in [0.4, 0.5) is 5.69 Å². The van der Waals surface area contributed by atoms with E-state index in [1.807, 2.05) is 6.20 Å². The normalized spacial score (nSPS) is 15.3. The first-order valence-electron chi connectivity index (χ1n) is 9.27. The first kappa shape index (κ1) is 19.4. The van der Waals surface area contributed by atoms with E-state index in [1.165, 1.54) is 27.6 Å². The van der Waals surface area contributed by atoms with Crippen molar-refractivity contribution in [3.63, 3.8) is 0 Å². The third-order valence-electron chi connectivity index (χ3n) is 5.20. The summed E-state index contributed by atoms with van der Waals surface area (Å²) in [4.78, 5) is 9.48. The van der Waals surface area contributed by atoms with Crippen molar-refractivity contribution in [2.45, 2.75) is 6.92 Å². The molecular formula is C23H26ClN3. The molecule has 0 atom stereocenters. The topological polar surface area (TPSA) is 19.4 Å². The van der Waals surface area contributed by atoms with Crippen molar-refractivity contribution in [3.8, 4) is 0 Å². The van der Waals surface area contributed by atoms with Crippen LogP contribution in [0.3, 0.4) is 0 Å². The lowest BCUT2D eigenvalue weighted by molar-refractivity contribution is 0.312. The van der Waals surface area contributed by atoms with Crippen molar-refractivity contribution in [3.05, 3.63) is 71.5 Å². The predicted octanol–water partition coefficient (Wildman–Crippen LogP) is 4.89. The van der Waals surface area contributed by atoms with Crippen molar-refractivity contribution in [2.24, 2.45) is 0 Å². The molecule has 0 saturated carbocycles. The van der Waals surface area contributed by atoms with E-state index < -0.39 is 0 Å². The molecule has 1 aromatic heterocycles. The number of anilines is 1. The SMILES string of the molecule is Cc1cnc(/C=C\c2cccc3ccccc23)cc1N1CCN(C)CC1.Cl. The Balaban J connectivity index is 0.00000210. The molecule has 3 nitrogen and oxygen atoms in total. The fourth-order valence-corrected chi connectivity index (χ4v) is 3.58. The Kier molecular flexibility index (Phi) is 6.15. The number of piperazine rings is 1. The van der Waals surface area contributed by atoms with E-state index >= 15 is 0 Å². The van der Waals surface area contributed by atoms with Gasteiger partial charge in [-0.15, -0.1) is 12.4 Å². The third-order valence-corrected chi connectivity index (χ3v) is 5.20. The summed E-state index contributed by atoms with van der Waals surface area (Å²) in [7, 11) is 2.19. The van der Waals surface area contributed by atoms with Gasteiger partial charge in [0.2, 0.25) is 0 Å². The van der Waals surface area contributed by atoms with Gasteiger partial charge in [-0.3, -0.25) is 4.98 Å². The Hall–Kier alpha value is -2.36. The van der Waals surface area contributed by atoms with Crippen LogP contribution in [0.15, 0.2) is 54.7 Å². The molecule has 2 aromatic carbocycles. The fourth-order valence-electron chi connectivity index (χ4n) is 3.58. The highest BCUT2D eigenvalue weighted by molar-refractivity contribution is 5.92. The highest BCUT2D eigenvalue weighted by atomic mass is 35.5. The number of fused-ring (bicyclic) bond motifs is 1. The summed E-state index contributed by atoms with van der Waals surface area (Å²) in [6.45, 7) is 6.53. The lowest BCUT2D eigenvalue weighted by Crippen LogP contribution is -2.44. The maximum Gasteiger partial charge on any atom is 0.0650 e. The monoisotopic (exact) mass is 379 g/mol. The van der Waals surface area contributed by atoms with Crippen molar-refractivity contribution < 1.29 is 0 Å². The summed E-state index contributed by atoms with van der Waals surface area (Å²) in [5.41, 5.74) is 4.80. The van der Waals surface area contributed by atoms with E-state index in [0.29, 0.717) is 0 Å². The zero-order valence-electron chi connectivity index (χ0n) is 15.9. The minimum Gasteiger partial charge on any atom is -0.369 e. The highest BCUT2D eigenvalue weighted by Gasteiger charge is 2.16. The van der Waals surface area contributed by atoms with Gasteiger partial charge < -0.3 is 9.80 Å². The lowest BCUT2D eigenvalue weighted by atomic mass is 10.0. The highest BCUT2D eigenvalue weighted by Crippen LogP contribution is 2.24. The molecule has 0 aliphatic carbocycles. The van der Waals surface area contributed by atoms with Gasteiger partial charge in [-0.1, -0.05) is 48.5 Å². The van der Waals surface area contributed by atoms with Crippen LogP contribution >= 0.6 is 12.4 Å². The number of likely N-dealkylation sites (N-methyl/N-ethyl adjacent to an activating group) is 1. The Morgan fingerprint density at radius 1 is 0.926 bits per heavy atom. The van der Waals surface area contributed by atoms with Gasteiger partial charge in [-0.05, 0) is 48.0 Å². The van der Waals surface area contributed by atoms with Crippen LogP contribution in [-0.4, -0.2) is 43.1 Å². The molecule has 0 amide bonds. The van der Waals surface area contributed by atoms with Gasteiger partial charge in [-0.25, -0.2) is 0 Å². The number of hydrogen-bond acceptors (Lipinski definition) is 3. The summed E-state index contributed by atoms with van der Waals surface area (Å²) in [6.07, 6.45) is 6.30. The average Bonchev–Trinajstić information content (AvgIpc) is 2.68. The van der Waals surface area contributed by atoms with Gasteiger partial charge in [0, 0.05) is 38.1 Å². The van der Waals surface area contributed by atoms with Gasteiger partial charge in [0.05, 0.1) is 5.69 Å². The molecule has 2 heterocycles. The molecule has 1 aliphatic heterocycles. The molecule has 4 heteroatoms. The van der Waals surface area contributed by atoms with E-state index in [0.717, 1.165) is 31.9 Å². The first-order chi connectivity index (χ1) is 12.7. The molecule has 0 spiro atoms. The van der Waals surface area contributed by atoms with E-state index in [1.54, 1.807) is 0 Å². The Morgan fingerprint density at radius 2 is 1.67 bits per heavy atom. The van der Waals surface area contributed by atoms with E-state index in [4.69, 9.17) is 0 Å². The van der Waals surface area contributed by atoms with Crippen LogP contribution in [0.25, 0.3) is 22.9 Å². The summed E-state index contributed by atoms with van der Waals surface area (Å²) < 4.78 is 0. The van der Waals surface area contributed by atoms with Gasteiger partial charge in [0.15, 0.2) is 0 Å². The molecule has 1 aliphatic rings. The molecular weight excluding hydrogens is 354 g/mol. The number of halogens is 1. The van der Waals surface area contributed by atoms with Crippen molar-refractivity contribution in [1.82, 2.24) is 9.88 Å². The summed E-state index contributed by atoms with van der Waals surface area (Å²) >= 11 is 0. The lowest BCUT2D eigenvalue weighted by Gasteiger charge is -2.34. The average molecular weight is 380 g/mol. The van der Waals surface area contributed by atoms with Gasteiger partial charge in [-0.2, -0.15) is 0 Å². The molecule has 27 heavy (non-hydrogen) atoms. The van der Waals surface area contributed by atoms with Crippen molar-refractivity contribution in [1.29, 1.82) is 0 Å². The molecule has 1 fully saturated rings. The number of rotatable bonds is 3. The smallest absolute Gasteiger partial charge is 0.0650 e. The van der Waals surface area contributed by atoms with Crippen LogP contribution in [-0.2, 0) is 0 Å². The second kappa shape index (κ2) is 8.55. The third kappa shape index (κ3) is 4.32. The second-order valence-electron chi connectivity index (χ2n) is 7.09. The number of pyridine rings is 1. The Bertz CT molecular complexity index is 938. The number of aryl methyl sites for hydroxylation is 1. The maximum absolute atomic E-state index is 4.62. The molecule has 140 valence electrons. The summed E-state index contributed by atoms with van der Waals surface area (Å²) in [5.74, 6) is 0. The molecule has 1 saturated heterocycles. The van der Waals surface area contributed by atoms with E-state index in [2.05, 4.69) is 89.4 Å². The Labute approximate surface area is 167 Å². The minimum atomic E-state index is 0. The zero-order chi connectivity index (χ0) is 17.9.